The molecule has 0 spiro atoms. The highest BCUT2D eigenvalue weighted by atomic mass is 15.2. The molecule has 0 fully saturated rings. The zero-order chi connectivity index (χ0) is 18.8. The van der Waals surface area contributed by atoms with Gasteiger partial charge in [-0.3, -0.25) is 0 Å². The topological polar surface area (TPSA) is 24.7 Å². The molecule has 1 aliphatic heterocycles. The summed E-state index contributed by atoms with van der Waals surface area (Å²) in [7, 11) is 0. The third-order valence-corrected chi connectivity index (χ3v) is 5.44. The van der Waals surface area contributed by atoms with E-state index in [-0.39, 0.29) is 0 Å². The minimum absolute atomic E-state index is 0.748. The van der Waals surface area contributed by atoms with Crippen molar-refractivity contribution in [2.45, 2.75) is 45.4 Å². The van der Waals surface area contributed by atoms with Crippen molar-refractivity contribution in [2.24, 2.45) is 10.2 Å². The molecule has 1 heterocycles. The number of rotatable bonds is 5. The molecule has 0 aromatic heterocycles. The first-order chi connectivity index (χ1) is 13.2. The number of terminal acetylenes is 1. The first-order valence-electron chi connectivity index (χ1n) is 9.70. The molecule has 0 N–H and O–H groups in total. The molecule has 2 heteroatoms. The number of nitrogens with zero attached hydrogens (tertiary/aromatic N) is 2. The van der Waals surface area contributed by atoms with Gasteiger partial charge in [0.1, 0.15) is 0 Å². The van der Waals surface area contributed by atoms with E-state index in [1.807, 2.05) is 0 Å². The second-order valence-electron chi connectivity index (χ2n) is 7.48. The molecular weight excluding hydrogens is 328 g/mol. The van der Waals surface area contributed by atoms with E-state index in [0.29, 0.717) is 0 Å². The molecule has 4 rings (SSSR count). The van der Waals surface area contributed by atoms with Crippen LogP contribution in [0.15, 0.2) is 58.8 Å². The fourth-order valence-corrected chi connectivity index (χ4v) is 3.89. The zero-order valence-corrected chi connectivity index (χ0v) is 15.9. The van der Waals surface area contributed by atoms with Crippen molar-refractivity contribution < 1.29 is 0 Å². The standard InChI is InChI=1S/C25H24N2/c1-4-6-7-19-8-10-21(14-18(19)5-2)24-16-25(27-26-24)22-11-9-20-12-17(3)13-23(20)15-22/h2,8-11,14-15H,3-4,6-7,12-13,16H2,1H3. The van der Waals surface area contributed by atoms with Crippen molar-refractivity contribution >= 4 is 11.4 Å². The van der Waals surface area contributed by atoms with Crippen LogP contribution in [0.25, 0.3) is 0 Å². The van der Waals surface area contributed by atoms with Crippen molar-refractivity contribution in [3.63, 3.8) is 0 Å². The van der Waals surface area contributed by atoms with Crippen LogP contribution in [0.4, 0.5) is 0 Å². The average molecular weight is 352 g/mol. The summed E-state index contributed by atoms with van der Waals surface area (Å²) >= 11 is 0. The molecule has 0 bridgehead atoms. The third kappa shape index (κ3) is 3.51. The maximum Gasteiger partial charge on any atom is 0.0763 e. The Bertz CT molecular complexity index is 1020. The lowest BCUT2D eigenvalue weighted by atomic mass is 9.95. The summed E-state index contributed by atoms with van der Waals surface area (Å²) in [5.74, 6) is 2.84. The quantitative estimate of drug-likeness (QED) is 0.518. The summed E-state index contributed by atoms with van der Waals surface area (Å²) in [6.07, 6.45) is 11.8. The van der Waals surface area contributed by atoms with Crippen LogP contribution < -0.4 is 0 Å². The van der Waals surface area contributed by atoms with Gasteiger partial charge in [0.05, 0.1) is 11.4 Å². The van der Waals surface area contributed by atoms with Gasteiger partial charge < -0.3 is 0 Å². The average Bonchev–Trinajstić information content (AvgIpc) is 3.31. The van der Waals surface area contributed by atoms with Crippen molar-refractivity contribution in [1.82, 2.24) is 0 Å². The summed E-state index contributed by atoms with van der Waals surface area (Å²) in [5.41, 5.74) is 10.6. The molecule has 0 amide bonds. The van der Waals surface area contributed by atoms with E-state index in [1.165, 1.54) is 34.2 Å². The van der Waals surface area contributed by atoms with Crippen LogP contribution >= 0.6 is 0 Å². The Balaban J connectivity index is 1.52. The van der Waals surface area contributed by atoms with Gasteiger partial charge >= 0.3 is 0 Å². The van der Waals surface area contributed by atoms with Gasteiger partial charge in [-0.15, -0.1) is 6.42 Å². The lowest BCUT2D eigenvalue weighted by molar-refractivity contribution is 0.794. The maximum atomic E-state index is 5.75. The summed E-state index contributed by atoms with van der Waals surface area (Å²) in [6, 6.07) is 13.0. The summed E-state index contributed by atoms with van der Waals surface area (Å²) in [5, 5.41) is 8.92. The minimum Gasteiger partial charge on any atom is -0.154 e. The SMILES string of the molecule is C#Cc1cc(C2=NN=C(c3ccc4c(c3)CC(=C)C4)C2)ccc1CCCC. The van der Waals surface area contributed by atoms with E-state index in [2.05, 4.69) is 66.0 Å². The molecule has 1 aliphatic carbocycles. The Morgan fingerprint density at radius 2 is 1.67 bits per heavy atom. The van der Waals surface area contributed by atoms with Gasteiger partial charge in [-0.2, -0.15) is 10.2 Å². The molecule has 2 aromatic carbocycles. The lowest BCUT2D eigenvalue weighted by Gasteiger charge is -2.08. The van der Waals surface area contributed by atoms with Crippen LogP contribution in [0.5, 0.6) is 0 Å². The van der Waals surface area contributed by atoms with Gasteiger partial charge in [0.15, 0.2) is 0 Å². The van der Waals surface area contributed by atoms with Crippen molar-refractivity contribution in [3.05, 3.63) is 81.9 Å². The molecule has 134 valence electrons. The number of hydrogen-bond acceptors (Lipinski definition) is 2. The Kier molecular flexibility index (Phi) is 4.77. The van der Waals surface area contributed by atoms with Gasteiger partial charge in [0, 0.05) is 12.0 Å². The second kappa shape index (κ2) is 7.37. The van der Waals surface area contributed by atoms with Gasteiger partial charge in [-0.05, 0) is 65.6 Å². The van der Waals surface area contributed by atoms with Crippen molar-refractivity contribution in [1.29, 1.82) is 0 Å². The van der Waals surface area contributed by atoms with Crippen LogP contribution in [-0.4, -0.2) is 11.4 Å². The monoisotopic (exact) mass is 352 g/mol. The van der Waals surface area contributed by atoms with Crippen LogP contribution in [-0.2, 0) is 19.3 Å². The number of fused-ring (bicyclic) bond motifs is 1. The van der Waals surface area contributed by atoms with E-state index >= 15 is 0 Å². The van der Waals surface area contributed by atoms with E-state index in [4.69, 9.17) is 6.42 Å². The number of hydrogen-bond donors (Lipinski definition) is 0. The first kappa shape index (κ1) is 17.5. The highest BCUT2D eigenvalue weighted by Gasteiger charge is 2.20. The van der Waals surface area contributed by atoms with Crippen molar-refractivity contribution in [2.75, 3.05) is 0 Å². The van der Waals surface area contributed by atoms with Gasteiger partial charge in [0.25, 0.3) is 0 Å². The zero-order valence-electron chi connectivity index (χ0n) is 15.9. The highest BCUT2D eigenvalue weighted by molar-refractivity contribution is 6.20. The minimum atomic E-state index is 0.748. The predicted molar refractivity (Wildman–Crippen MR) is 114 cm³/mol. The predicted octanol–water partition coefficient (Wildman–Crippen LogP) is 5.26. The smallest absolute Gasteiger partial charge is 0.0763 e. The molecule has 0 unspecified atom stereocenters. The Morgan fingerprint density at radius 1 is 0.963 bits per heavy atom. The molecular formula is C25H24N2. The Morgan fingerprint density at radius 3 is 2.41 bits per heavy atom. The third-order valence-electron chi connectivity index (χ3n) is 5.44. The fraction of sp³-hybridized carbons (Fsp3) is 0.280. The van der Waals surface area contributed by atoms with E-state index in [0.717, 1.165) is 54.7 Å². The van der Waals surface area contributed by atoms with Crippen LogP contribution in [0.3, 0.4) is 0 Å². The summed E-state index contributed by atoms with van der Waals surface area (Å²) < 4.78 is 0. The first-order valence-corrected chi connectivity index (χ1v) is 9.70. The van der Waals surface area contributed by atoms with Crippen LogP contribution in [0.2, 0.25) is 0 Å². The fourth-order valence-electron chi connectivity index (χ4n) is 3.89. The highest BCUT2D eigenvalue weighted by Crippen LogP contribution is 2.27. The normalized spacial score (nSPS) is 15.3. The van der Waals surface area contributed by atoms with E-state index in [1.54, 1.807) is 0 Å². The summed E-state index contributed by atoms with van der Waals surface area (Å²) in [6.45, 7) is 6.32. The maximum absolute atomic E-state index is 5.75. The Hall–Kier alpha value is -2.92. The molecule has 2 nitrogen and oxygen atoms in total. The largest absolute Gasteiger partial charge is 0.154 e. The molecule has 27 heavy (non-hydrogen) atoms. The van der Waals surface area contributed by atoms with Gasteiger partial charge in [-0.25, -0.2) is 0 Å². The number of allylic oxidation sites excluding steroid dienone is 1. The summed E-state index contributed by atoms with van der Waals surface area (Å²) in [4.78, 5) is 0. The van der Waals surface area contributed by atoms with Crippen LogP contribution in [0.1, 0.15) is 59.6 Å². The number of benzene rings is 2. The molecule has 0 atom stereocenters. The van der Waals surface area contributed by atoms with Gasteiger partial charge in [-0.1, -0.05) is 55.7 Å². The number of aryl methyl sites for hydroxylation is 1. The molecule has 0 radical (unpaired) electrons. The molecule has 0 saturated carbocycles. The van der Waals surface area contributed by atoms with E-state index in [9.17, 15) is 0 Å². The van der Waals surface area contributed by atoms with E-state index < -0.39 is 0 Å². The molecule has 2 aliphatic rings. The number of unbranched alkanes of at least 4 members (excludes halogenated alkanes) is 1. The lowest BCUT2D eigenvalue weighted by Crippen LogP contribution is -2.07. The van der Waals surface area contributed by atoms with Crippen LogP contribution in [0, 0.1) is 12.3 Å². The second-order valence-corrected chi connectivity index (χ2v) is 7.48. The van der Waals surface area contributed by atoms with Gasteiger partial charge in [0.2, 0.25) is 0 Å². The molecule has 0 saturated heterocycles. The van der Waals surface area contributed by atoms with Crippen molar-refractivity contribution in [3.8, 4) is 12.3 Å². The molecule has 2 aromatic rings. The Labute approximate surface area is 161 Å².